The first-order valence-electron chi connectivity index (χ1n) is 5.23. The topological polar surface area (TPSA) is 21.3 Å². The molecule has 0 radical (unpaired) electrons. The summed E-state index contributed by atoms with van der Waals surface area (Å²) in [6.07, 6.45) is 1.02. The van der Waals surface area contributed by atoms with Gasteiger partial charge in [0.05, 0.1) is 6.61 Å². The third-order valence-corrected chi connectivity index (χ3v) is 2.37. The van der Waals surface area contributed by atoms with Crippen molar-refractivity contribution in [1.29, 1.82) is 0 Å². The maximum atomic E-state index is 12.6. The summed E-state index contributed by atoms with van der Waals surface area (Å²) >= 11 is 0. The van der Waals surface area contributed by atoms with Gasteiger partial charge >= 0.3 is 0 Å². The van der Waals surface area contributed by atoms with E-state index in [4.69, 9.17) is 4.74 Å². The Bertz CT molecular complexity index is 273. The molecule has 2 nitrogen and oxygen atoms in total. The molecular weight excluding hydrogens is 193 g/mol. The largest absolute Gasteiger partial charge is 0.383 e. The summed E-state index contributed by atoms with van der Waals surface area (Å²) in [5.41, 5.74) is 1.09. The van der Waals surface area contributed by atoms with E-state index in [0.29, 0.717) is 12.6 Å². The van der Waals surface area contributed by atoms with Gasteiger partial charge in [-0.3, -0.25) is 0 Å². The van der Waals surface area contributed by atoms with E-state index in [0.717, 1.165) is 18.5 Å². The van der Waals surface area contributed by atoms with Gasteiger partial charge in [-0.1, -0.05) is 19.1 Å². The predicted octanol–water partition coefficient (Wildman–Crippen LogP) is 2.34. The molecule has 1 aromatic rings. The van der Waals surface area contributed by atoms with Crippen molar-refractivity contribution in [2.75, 3.05) is 13.7 Å². The number of hydrogen-bond donors (Lipinski definition) is 1. The van der Waals surface area contributed by atoms with Gasteiger partial charge in [0.25, 0.3) is 0 Å². The molecule has 0 saturated heterocycles. The molecule has 1 aromatic carbocycles. The number of benzene rings is 1. The van der Waals surface area contributed by atoms with Crippen molar-refractivity contribution < 1.29 is 9.13 Å². The van der Waals surface area contributed by atoms with Crippen molar-refractivity contribution in [1.82, 2.24) is 5.32 Å². The molecule has 0 amide bonds. The lowest BCUT2D eigenvalue weighted by molar-refractivity contribution is 0.164. The second kappa shape index (κ2) is 6.53. The van der Waals surface area contributed by atoms with Crippen molar-refractivity contribution in [2.45, 2.75) is 25.9 Å². The van der Waals surface area contributed by atoms with Crippen LogP contribution in [0.25, 0.3) is 0 Å². The van der Waals surface area contributed by atoms with Gasteiger partial charge in [0, 0.05) is 19.7 Å². The van der Waals surface area contributed by atoms with Gasteiger partial charge in [0.15, 0.2) is 0 Å². The van der Waals surface area contributed by atoms with Crippen LogP contribution in [0.5, 0.6) is 0 Å². The molecule has 0 fully saturated rings. The third kappa shape index (κ3) is 4.40. The van der Waals surface area contributed by atoms with Gasteiger partial charge in [-0.05, 0) is 24.1 Å². The lowest BCUT2D eigenvalue weighted by Crippen LogP contribution is -2.31. The highest BCUT2D eigenvalue weighted by molar-refractivity contribution is 5.15. The molecule has 0 heterocycles. The van der Waals surface area contributed by atoms with E-state index in [9.17, 15) is 4.39 Å². The summed E-state index contributed by atoms with van der Waals surface area (Å²) in [4.78, 5) is 0. The Morgan fingerprint density at radius 2 is 2.00 bits per heavy atom. The summed E-state index contributed by atoms with van der Waals surface area (Å²) in [6, 6.07) is 6.91. The third-order valence-electron chi connectivity index (χ3n) is 2.37. The molecular formula is C12H18FNO. The number of ether oxygens (including phenoxy) is 1. The highest BCUT2D eigenvalue weighted by Gasteiger charge is 2.04. The Balaban J connectivity index is 2.38. The monoisotopic (exact) mass is 211 g/mol. The summed E-state index contributed by atoms with van der Waals surface area (Å²) < 4.78 is 17.7. The first-order valence-corrected chi connectivity index (χ1v) is 5.23. The van der Waals surface area contributed by atoms with E-state index in [2.05, 4.69) is 12.2 Å². The van der Waals surface area contributed by atoms with Gasteiger partial charge in [-0.2, -0.15) is 0 Å². The SMILES string of the molecule is CC[C@@H](COC)NCc1ccc(F)cc1. The predicted molar refractivity (Wildman–Crippen MR) is 59.2 cm³/mol. The minimum atomic E-state index is -0.192. The van der Waals surface area contributed by atoms with Gasteiger partial charge in [-0.15, -0.1) is 0 Å². The molecule has 84 valence electrons. The first-order chi connectivity index (χ1) is 7.26. The van der Waals surface area contributed by atoms with E-state index >= 15 is 0 Å². The Hall–Kier alpha value is -0.930. The van der Waals surface area contributed by atoms with E-state index in [1.165, 1.54) is 12.1 Å². The molecule has 15 heavy (non-hydrogen) atoms. The number of nitrogens with one attached hydrogen (secondary N) is 1. The Labute approximate surface area is 90.4 Å². The molecule has 0 unspecified atom stereocenters. The minimum Gasteiger partial charge on any atom is -0.383 e. The highest BCUT2D eigenvalue weighted by atomic mass is 19.1. The zero-order chi connectivity index (χ0) is 11.1. The van der Waals surface area contributed by atoms with E-state index < -0.39 is 0 Å². The number of methoxy groups -OCH3 is 1. The summed E-state index contributed by atoms with van der Waals surface area (Å²) in [7, 11) is 1.70. The lowest BCUT2D eigenvalue weighted by atomic mass is 10.2. The van der Waals surface area contributed by atoms with Crippen molar-refractivity contribution in [3.63, 3.8) is 0 Å². The second-order valence-corrected chi connectivity index (χ2v) is 3.57. The average Bonchev–Trinajstić information content (AvgIpc) is 2.26. The Kier molecular flexibility index (Phi) is 5.29. The van der Waals surface area contributed by atoms with Crippen LogP contribution in [0, 0.1) is 5.82 Å². The van der Waals surface area contributed by atoms with Crippen molar-refractivity contribution in [2.24, 2.45) is 0 Å². The maximum Gasteiger partial charge on any atom is 0.123 e. The summed E-state index contributed by atoms with van der Waals surface area (Å²) in [6.45, 7) is 3.57. The number of halogens is 1. The molecule has 1 rings (SSSR count). The summed E-state index contributed by atoms with van der Waals surface area (Å²) in [5, 5.41) is 3.36. The van der Waals surface area contributed by atoms with Gasteiger partial charge < -0.3 is 10.1 Å². The van der Waals surface area contributed by atoms with Crippen LogP contribution in [0.1, 0.15) is 18.9 Å². The number of rotatable bonds is 6. The number of hydrogen-bond acceptors (Lipinski definition) is 2. The van der Waals surface area contributed by atoms with Crippen LogP contribution in [0.4, 0.5) is 4.39 Å². The Morgan fingerprint density at radius 3 is 2.53 bits per heavy atom. The quantitative estimate of drug-likeness (QED) is 0.779. The molecule has 0 aliphatic heterocycles. The van der Waals surface area contributed by atoms with E-state index in [1.54, 1.807) is 19.2 Å². The first kappa shape index (κ1) is 12.1. The van der Waals surface area contributed by atoms with Crippen LogP contribution in [0.2, 0.25) is 0 Å². The van der Waals surface area contributed by atoms with Crippen LogP contribution in [-0.2, 0) is 11.3 Å². The van der Waals surface area contributed by atoms with Crippen LogP contribution in [0.15, 0.2) is 24.3 Å². The minimum absolute atomic E-state index is 0.192. The highest BCUT2D eigenvalue weighted by Crippen LogP contribution is 2.03. The normalized spacial score (nSPS) is 12.7. The molecule has 0 aliphatic rings. The zero-order valence-electron chi connectivity index (χ0n) is 9.29. The average molecular weight is 211 g/mol. The van der Waals surface area contributed by atoms with E-state index in [1.807, 2.05) is 0 Å². The van der Waals surface area contributed by atoms with E-state index in [-0.39, 0.29) is 5.82 Å². The fourth-order valence-electron chi connectivity index (χ4n) is 1.39. The lowest BCUT2D eigenvalue weighted by Gasteiger charge is -2.15. The fourth-order valence-corrected chi connectivity index (χ4v) is 1.39. The summed E-state index contributed by atoms with van der Waals surface area (Å²) in [5.74, 6) is -0.192. The van der Waals surface area contributed by atoms with Crippen molar-refractivity contribution in [3.8, 4) is 0 Å². The van der Waals surface area contributed by atoms with Gasteiger partial charge in [0.1, 0.15) is 5.82 Å². The van der Waals surface area contributed by atoms with Gasteiger partial charge in [-0.25, -0.2) is 4.39 Å². The molecule has 0 bridgehead atoms. The zero-order valence-corrected chi connectivity index (χ0v) is 9.29. The molecule has 0 saturated carbocycles. The fraction of sp³-hybridized carbons (Fsp3) is 0.500. The molecule has 0 aromatic heterocycles. The standard InChI is InChI=1S/C12H18FNO/c1-3-12(9-15-2)14-8-10-4-6-11(13)7-5-10/h4-7,12,14H,3,8-9H2,1-2H3/t12-/m0/s1. The van der Waals surface area contributed by atoms with Crippen LogP contribution in [-0.4, -0.2) is 19.8 Å². The molecule has 0 spiro atoms. The Morgan fingerprint density at radius 1 is 1.33 bits per heavy atom. The van der Waals surface area contributed by atoms with Crippen LogP contribution < -0.4 is 5.32 Å². The van der Waals surface area contributed by atoms with Crippen molar-refractivity contribution in [3.05, 3.63) is 35.6 Å². The smallest absolute Gasteiger partial charge is 0.123 e. The second-order valence-electron chi connectivity index (χ2n) is 3.57. The molecule has 1 atom stereocenters. The van der Waals surface area contributed by atoms with Crippen molar-refractivity contribution >= 4 is 0 Å². The molecule has 1 N–H and O–H groups in total. The maximum absolute atomic E-state index is 12.6. The van der Waals surface area contributed by atoms with Gasteiger partial charge in [0.2, 0.25) is 0 Å². The van der Waals surface area contributed by atoms with Crippen LogP contribution in [0.3, 0.4) is 0 Å². The molecule has 0 aliphatic carbocycles. The molecule has 3 heteroatoms. The van der Waals surface area contributed by atoms with Crippen LogP contribution >= 0.6 is 0 Å².